The number of hydrogen-bond donors (Lipinski definition) is 4. The first-order valence-corrected chi connectivity index (χ1v) is 9.64. The lowest BCUT2D eigenvalue weighted by Crippen LogP contribution is -2.36. The second kappa shape index (κ2) is 8.74. The summed E-state index contributed by atoms with van der Waals surface area (Å²) >= 11 is 0. The van der Waals surface area contributed by atoms with Crippen molar-refractivity contribution in [1.29, 1.82) is 5.26 Å². The third-order valence-electron chi connectivity index (χ3n) is 5.15. The summed E-state index contributed by atoms with van der Waals surface area (Å²) in [7, 11) is 1.56. The highest BCUT2D eigenvalue weighted by molar-refractivity contribution is 5.45. The Morgan fingerprint density at radius 1 is 1.27 bits per heavy atom. The monoisotopic (exact) mass is 414 g/mol. The maximum atomic E-state index is 14.7. The van der Waals surface area contributed by atoms with Crippen LogP contribution in [0.2, 0.25) is 0 Å². The van der Waals surface area contributed by atoms with Gasteiger partial charge in [0.05, 0.1) is 49.7 Å². The van der Waals surface area contributed by atoms with Crippen LogP contribution in [-0.2, 0) is 0 Å². The first kappa shape index (κ1) is 20.2. The van der Waals surface area contributed by atoms with E-state index in [1.54, 1.807) is 19.5 Å². The number of nitrogens with zero attached hydrogens (tertiary/aromatic N) is 4. The van der Waals surface area contributed by atoms with Crippen molar-refractivity contribution in [2.75, 3.05) is 32.1 Å². The fraction of sp³-hybridized carbons (Fsp3) is 0.474. The molecule has 2 fully saturated rings. The molecule has 2 aromatic rings. The molecule has 158 valence electrons. The van der Waals surface area contributed by atoms with Crippen LogP contribution in [0.5, 0.6) is 11.5 Å². The van der Waals surface area contributed by atoms with E-state index in [-0.39, 0.29) is 31.1 Å². The maximum Gasteiger partial charge on any atom is 0.158 e. The van der Waals surface area contributed by atoms with Crippen molar-refractivity contribution >= 4 is 5.82 Å². The molecule has 3 atom stereocenters. The normalized spacial score (nSPS) is 25.6. The number of hydrazine groups is 1. The molecule has 0 bridgehead atoms. The van der Waals surface area contributed by atoms with Crippen LogP contribution < -0.4 is 31.0 Å². The molecule has 0 amide bonds. The summed E-state index contributed by atoms with van der Waals surface area (Å²) in [6, 6.07) is 1.77. The van der Waals surface area contributed by atoms with E-state index in [9.17, 15) is 4.39 Å². The number of methoxy groups -OCH3 is 1. The highest BCUT2D eigenvalue weighted by atomic mass is 19.1. The number of ether oxygens (including phenoxy) is 2. The van der Waals surface area contributed by atoms with E-state index in [4.69, 9.17) is 14.7 Å². The topological polar surface area (TPSA) is 129 Å². The fourth-order valence-electron chi connectivity index (χ4n) is 3.58. The van der Waals surface area contributed by atoms with E-state index in [0.29, 0.717) is 36.7 Å². The molecular formula is C19H23FN8O2. The Morgan fingerprint density at radius 2 is 2.13 bits per heavy atom. The lowest BCUT2D eigenvalue weighted by molar-refractivity contribution is 0.102. The highest BCUT2D eigenvalue weighted by Crippen LogP contribution is 2.37. The SMILES string of the molecule is COc1cncc(OC[C@@]2(F)CCNC2)c1C1CC(Nc2cnc(C#N)cn2)NN1. The lowest BCUT2D eigenvalue weighted by Gasteiger charge is -2.22. The molecule has 0 aliphatic carbocycles. The van der Waals surface area contributed by atoms with E-state index in [1.807, 2.05) is 6.07 Å². The van der Waals surface area contributed by atoms with Crippen molar-refractivity contribution in [3.05, 3.63) is 36.0 Å². The summed E-state index contributed by atoms with van der Waals surface area (Å²) in [6.45, 7) is 0.869. The van der Waals surface area contributed by atoms with Crippen molar-refractivity contribution in [3.8, 4) is 17.6 Å². The molecule has 4 heterocycles. The third kappa shape index (κ3) is 4.40. The van der Waals surface area contributed by atoms with Crippen molar-refractivity contribution in [1.82, 2.24) is 31.1 Å². The molecule has 0 saturated carbocycles. The zero-order chi connectivity index (χ0) is 21.0. The zero-order valence-corrected chi connectivity index (χ0v) is 16.5. The average molecular weight is 414 g/mol. The van der Waals surface area contributed by atoms with E-state index in [0.717, 1.165) is 5.56 Å². The second-order valence-corrected chi connectivity index (χ2v) is 7.29. The van der Waals surface area contributed by atoms with Gasteiger partial charge in [0.15, 0.2) is 11.4 Å². The molecule has 30 heavy (non-hydrogen) atoms. The molecule has 2 unspecified atom stereocenters. The molecule has 10 nitrogen and oxygen atoms in total. The third-order valence-corrected chi connectivity index (χ3v) is 5.15. The minimum absolute atomic E-state index is 0.0511. The van der Waals surface area contributed by atoms with Gasteiger partial charge in [-0.05, 0) is 13.0 Å². The minimum atomic E-state index is -1.39. The summed E-state index contributed by atoms with van der Waals surface area (Å²) in [5.74, 6) is 1.58. The van der Waals surface area contributed by atoms with Gasteiger partial charge in [0.2, 0.25) is 0 Å². The van der Waals surface area contributed by atoms with Crippen molar-refractivity contribution in [3.63, 3.8) is 0 Å². The van der Waals surface area contributed by atoms with E-state index < -0.39 is 5.67 Å². The smallest absolute Gasteiger partial charge is 0.158 e. The predicted octanol–water partition coefficient (Wildman–Crippen LogP) is 0.809. The summed E-state index contributed by atoms with van der Waals surface area (Å²) < 4.78 is 26.1. The molecule has 11 heteroatoms. The van der Waals surface area contributed by atoms with Crippen LogP contribution in [0.4, 0.5) is 10.2 Å². The number of anilines is 1. The summed E-state index contributed by atoms with van der Waals surface area (Å²) in [5, 5.41) is 15.1. The van der Waals surface area contributed by atoms with Crippen LogP contribution in [0.25, 0.3) is 0 Å². The van der Waals surface area contributed by atoms with Gasteiger partial charge in [-0.25, -0.2) is 25.2 Å². The van der Waals surface area contributed by atoms with Gasteiger partial charge < -0.3 is 20.1 Å². The maximum absolute atomic E-state index is 14.7. The Bertz CT molecular complexity index is 914. The number of hydrogen-bond acceptors (Lipinski definition) is 10. The molecule has 2 aliphatic heterocycles. The fourth-order valence-corrected chi connectivity index (χ4v) is 3.58. The first-order valence-electron chi connectivity index (χ1n) is 9.64. The Morgan fingerprint density at radius 3 is 2.83 bits per heavy atom. The molecule has 0 radical (unpaired) electrons. The van der Waals surface area contributed by atoms with Crippen LogP contribution in [0.1, 0.15) is 30.1 Å². The van der Waals surface area contributed by atoms with Gasteiger partial charge in [-0.15, -0.1) is 0 Å². The largest absolute Gasteiger partial charge is 0.495 e. The quantitative estimate of drug-likeness (QED) is 0.516. The summed E-state index contributed by atoms with van der Waals surface area (Å²) in [5.41, 5.74) is 6.00. The number of nitrogens with one attached hydrogen (secondary N) is 4. The second-order valence-electron chi connectivity index (χ2n) is 7.29. The minimum Gasteiger partial charge on any atom is -0.495 e. The van der Waals surface area contributed by atoms with Gasteiger partial charge in [-0.2, -0.15) is 5.26 Å². The Balaban J connectivity index is 1.46. The number of aromatic nitrogens is 3. The number of pyridine rings is 1. The number of rotatable bonds is 7. The van der Waals surface area contributed by atoms with E-state index in [2.05, 4.69) is 36.4 Å². The van der Waals surface area contributed by atoms with Crippen molar-refractivity contribution in [2.45, 2.75) is 30.7 Å². The van der Waals surface area contributed by atoms with Crippen LogP contribution in [0, 0.1) is 11.3 Å². The summed E-state index contributed by atoms with van der Waals surface area (Å²) in [4.78, 5) is 12.3. The molecule has 2 aromatic heterocycles. The first-order chi connectivity index (χ1) is 14.6. The molecule has 0 spiro atoms. The molecular weight excluding hydrogens is 391 g/mol. The Labute approximate surface area is 173 Å². The lowest BCUT2D eigenvalue weighted by atomic mass is 10.0. The standard InChI is InChI=1S/C19H23FN8O2/c1-29-14-7-23-8-15(30-11-19(20)2-3-22-10-19)18(14)13-4-16(28-27-13)26-17-9-24-12(5-21)6-25-17/h6-9,13,16,22,27-28H,2-4,10-11H2,1H3,(H,25,26)/t13?,16?,19-/m1/s1. The molecule has 2 aliphatic rings. The Kier molecular flexibility index (Phi) is 5.89. The Hall–Kier alpha value is -3.07. The molecule has 0 aromatic carbocycles. The van der Waals surface area contributed by atoms with Gasteiger partial charge in [-0.1, -0.05) is 0 Å². The molecule has 4 N–H and O–H groups in total. The van der Waals surface area contributed by atoms with Crippen molar-refractivity contribution < 1.29 is 13.9 Å². The van der Waals surface area contributed by atoms with Crippen LogP contribution in [0.3, 0.4) is 0 Å². The molecule has 4 rings (SSSR count). The van der Waals surface area contributed by atoms with Gasteiger partial charge in [0.25, 0.3) is 0 Å². The van der Waals surface area contributed by atoms with Gasteiger partial charge >= 0.3 is 0 Å². The van der Waals surface area contributed by atoms with Crippen LogP contribution >= 0.6 is 0 Å². The van der Waals surface area contributed by atoms with Gasteiger partial charge in [0, 0.05) is 13.0 Å². The van der Waals surface area contributed by atoms with Crippen molar-refractivity contribution in [2.24, 2.45) is 0 Å². The van der Waals surface area contributed by atoms with E-state index >= 15 is 0 Å². The van der Waals surface area contributed by atoms with Crippen LogP contribution in [-0.4, -0.2) is 53.6 Å². The number of alkyl halides is 1. The van der Waals surface area contributed by atoms with E-state index in [1.165, 1.54) is 12.4 Å². The highest BCUT2D eigenvalue weighted by Gasteiger charge is 2.36. The van der Waals surface area contributed by atoms with Gasteiger partial charge in [0.1, 0.15) is 30.0 Å². The molecule has 2 saturated heterocycles. The van der Waals surface area contributed by atoms with Gasteiger partial charge in [-0.3, -0.25) is 4.98 Å². The van der Waals surface area contributed by atoms with Crippen LogP contribution in [0.15, 0.2) is 24.8 Å². The number of halogens is 1. The number of nitriles is 1. The predicted molar refractivity (Wildman–Crippen MR) is 105 cm³/mol. The average Bonchev–Trinajstić information content (AvgIpc) is 3.42. The summed E-state index contributed by atoms with van der Waals surface area (Å²) in [6.07, 6.45) is 6.99. The zero-order valence-electron chi connectivity index (χ0n) is 16.5.